The van der Waals surface area contributed by atoms with E-state index in [2.05, 4.69) is 29.5 Å². The first-order chi connectivity index (χ1) is 31.6. The molecule has 16 heteroatoms. The van der Waals surface area contributed by atoms with Crippen molar-refractivity contribution in [1.82, 2.24) is 20.5 Å². The summed E-state index contributed by atoms with van der Waals surface area (Å²) in [4.78, 5) is 43.1. The van der Waals surface area contributed by atoms with Crippen LogP contribution in [0, 0.1) is 33.2 Å². The molecule has 2 heterocycles. The molecule has 5 aromatic rings. The van der Waals surface area contributed by atoms with Crippen molar-refractivity contribution in [3.8, 4) is 17.0 Å². The molecule has 1 saturated carbocycles. The van der Waals surface area contributed by atoms with Gasteiger partial charge in [-0.1, -0.05) is 50.6 Å². The van der Waals surface area contributed by atoms with Crippen molar-refractivity contribution in [3.63, 3.8) is 0 Å². The Morgan fingerprint density at radius 3 is 2.45 bits per heavy atom. The van der Waals surface area contributed by atoms with Crippen LogP contribution in [0.15, 0.2) is 78.9 Å². The lowest BCUT2D eigenvalue weighted by Crippen LogP contribution is -2.47. The van der Waals surface area contributed by atoms with E-state index >= 15 is 0 Å². The Bertz CT molecular complexity index is 2540. The molecule has 3 aliphatic rings. The molecule has 2 aliphatic carbocycles. The lowest BCUT2D eigenvalue weighted by atomic mass is 9.61. The van der Waals surface area contributed by atoms with Crippen molar-refractivity contribution in [2.75, 3.05) is 59.2 Å². The normalized spacial score (nSPS) is 18.1. The number of aromatic amines is 1. The number of hydrogen-bond acceptors (Lipinski definition) is 8. The standard InChI is InChI=1S/C50H55F4N5O7/c1-49(2,43-24-34-10-13-36(59(62)63)27-41(34)38-4-3-5-39(38)43)29-58(48(61)33-11-14-37(15-12-33)66-30-50(52,53)54)19-21-65-23-22-64-20-18-55-28-31-6-8-32(9-7-31)46-40-16-17-56-47(60)42-25-35(51)26-44(57-46)45(40)42/h6-15,25-27,38-39,43,55,57H,3-5,16-24,28-30H2,1-2H3,(H,56,60). The zero-order valence-corrected chi connectivity index (χ0v) is 37.1. The number of halogens is 4. The molecule has 0 bridgehead atoms. The Labute approximate surface area is 380 Å². The number of rotatable bonds is 19. The zero-order chi connectivity index (χ0) is 46.6. The molecular formula is C50H55F4N5O7. The van der Waals surface area contributed by atoms with E-state index in [0.29, 0.717) is 75.0 Å². The van der Waals surface area contributed by atoms with Crippen LogP contribution < -0.4 is 15.4 Å². The number of non-ortho nitro benzene ring substituents is 1. The van der Waals surface area contributed by atoms with Crippen LogP contribution in [-0.2, 0) is 28.9 Å². The number of nitrogens with one attached hydrogen (secondary N) is 3. The highest BCUT2D eigenvalue weighted by Gasteiger charge is 2.47. The van der Waals surface area contributed by atoms with E-state index in [1.165, 1.54) is 36.4 Å². The second-order valence-corrected chi connectivity index (χ2v) is 18.3. The summed E-state index contributed by atoms with van der Waals surface area (Å²) in [5, 5.41) is 18.6. The van der Waals surface area contributed by atoms with Gasteiger partial charge < -0.3 is 34.7 Å². The molecule has 3 atom stereocenters. The van der Waals surface area contributed by atoms with Gasteiger partial charge in [-0.2, -0.15) is 13.2 Å². The van der Waals surface area contributed by atoms with Gasteiger partial charge in [0.1, 0.15) is 11.6 Å². The lowest BCUT2D eigenvalue weighted by molar-refractivity contribution is -0.385. The Balaban J connectivity index is 0.824. The highest BCUT2D eigenvalue weighted by atomic mass is 19.4. The fraction of sp³-hybridized carbons (Fsp3) is 0.440. The molecule has 0 radical (unpaired) electrons. The van der Waals surface area contributed by atoms with Gasteiger partial charge in [-0.05, 0) is 113 Å². The van der Waals surface area contributed by atoms with E-state index in [9.17, 15) is 37.3 Å². The number of nitro groups is 1. The first-order valence-corrected chi connectivity index (χ1v) is 22.6. The van der Waals surface area contributed by atoms with Gasteiger partial charge in [-0.15, -0.1) is 0 Å². The van der Waals surface area contributed by atoms with E-state index in [1.807, 2.05) is 30.3 Å². The Kier molecular flexibility index (Phi) is 14.1. The highest BCUT2D eigenvalue weighted by Crippen LogP contribution is 2.55. The zero-order valence-electron chi connectivity index (χ0n) is 37.1. The number of hydrogen-bond donors (Lipinski definition) is 3. The molecule has 350 valence electrons. The number of ether oxygens (including phenoxy) is 3. The number of alkyl halides is 3. The topological polar surface area (TPSA) is 148 Å². The largest absolute Gasteiger partial charge is 0.484 e. The van der Waals surface area contributed by atoms with Crippen LogP contribution in [0.25, 0.3) is 22.2 Å². The van der Waals surface area contributed by atoms with Crippen LogP contribution in [-0.4, -0.2) is 92.0 Å². The summed E-state index contributed by atoms with van der Waals surface area (Å²) in [6.45, 7) is 6.60. The number of nitrogens with zero attached hydrogens (tertiary/aromatic N) is 2. The smallest absolute Gasteiger partial charge is 0.422 e. The maximum Gasteiger partial charge on any atom is 0.422 e. The Morgan fingerprint density at radius 1 is 0.955 bits per heavy atom. The van der Waals surface area contributed by atoms with Crippen LogP contribution in [0.5, 0.6) is 5.75 Å². The van der Waals surface area contributed by atoms with Crippen molar-refractivity contribution in [2.45, 2.75) is 64.6 Å². The van der Waals surface area contributed by atoms with Gasteiger partial charge in [-0.3, -0.25) is 19.7 Å². The molecular weight excluding hydrogens is 859 g/mol. The van der Waals surface area contributed by atoms with Crippen molar-refractivity contribution in [3.05, 3.63) is 128 Å². The van der Waals surface area contributed by atoms with E-state index in [4.69, 9.17) is 14.2 Å². The van der Waals surface area contributed by atoms with Crippen LogP contribution >= 0.6 is 0 Å². The average Bonchev–Trinajstić information content (AvgIpc) is 3.89. The van der Waals surface area contributed by atoms with Gasteiger partial charge in [0.05, 0.1) is 36.9 Å². The molecule has 66 heavy (non-hydrogen) atoms. The molecule has 12 nitrogen and oxygen atoms in total. The van der Waals surface area contributed by atoms with Gasteiger partial charge in [-0.25, -0.2) is 4.39 Å². The van der Waals surface area contributed by atoms with Crippen LogP contribution in [0.2, 0.25) is 0 Å². The molecule has 3 unspecified atom stereocenters. The van der Waals surface area contributed by atoms with Crippen LogP contribution in [0.3, 0.4) is 0 Å². The monoisotopic (exact) mass is 913 g/mol. The number of nitro benzene ring substituents is 1. The maximum absolute atomic E-state index is 14.3. The summed E-state index contributed by atoms with van der Waals surface area (Å²) in [6.07, 6.45) is -0.127. The number of carbonyl (C=O) groups is 2. The molecule has 0 saturated heterocycles. The predicted molar refractivity (Wildman–Crippen MR) is 241 cm³/mol. The van der Waals surface area contributed by atoms with Gasteiger partial charge >= 0.3 is 6.18 Å². The first-order valence-electron chi connectivity index (χ1n) is 22.6. The lowest BCUT2D eigenvalue weighted by Gasteiger charge is -2.46. The Morgan fingerprint density at radius 2 is 1.71 bits per heavy atom. The van der Waals surface area contributed by atoms with Crippen molar-refractivity contribution in [2.24, 2.45) is 17.3 Å². The van der Waals surface area contributed by atoms with Crippen LogP contribution in [0.1, 0.15) is 82.0 Å². The van der Waals surface area contributed by atoms with Crippen molar-refractivity contribution >= 4 is 28.4 Å². The third-order valence-corrected chi connectivity index (χ3v) is 13.4. The summed E-state index contributed by atoms with van der Waals surface area (Å²) in [6, 6.07) is 21.7. The van der Waals surface area contributed by atoms with Gasteiger partial charge in [0.15, 0.2) is 6.61 Å². The Hall–Kier alpha value is -5.84. The minimum absolute atomic E-state index is 0.0103. The molecule has 1 aromatic heterocycles. The van der Waals surface area contributed by atoms with Crippen molar-refractivity contribution in [1.29, 1.82) is 0 Å². The average molecular weight is 914 g/mol. The minimum Gasteiger partial charge on any atom is -0.484 e. The van der Waals surface area contributed by atoms with Crippen LogP contribution in [0.4, 0.5) is 23.2 Å². The fourth-order valence-corrected chi connectivity index (χ4v) is 10.3. The maximum atomic E-state index is 14.3. The van der Waals surface area contributed by atoms with Gasteiger partial charge in [0, 0.05) is 67.0 Å². The predicted octanol–water partition coefficient (Wildman–Crippen LogP) is 9.16. The molecule has 1 aliphatic heterocycles. The molecule has 0 spiro atoms. The second kappa shape index (κ2) is 19.9. The molecule has 1 fully saturated rings. The summed E-state index contributed by atoms with van der Waals surface area (Å²) in [7, 11) is 0. The summed E-state index contributed by atoms with van der Waals surface area (Å²) in [5.74, 6) is -0.281. The number of amides is 2. The van der Waals surface area contributed by atoms with E-state index < -0.39 is 18.6 Å². The number of carbonyl (C=O) groups excluding carboxylic acids is 2. The van der Waals surface area contributed by atoms with E-state index in [1.54, 1.807) is 17.0 Å². The third-order valence-electron chi connectivity index (χ3n) is 13.4. The van der Waals surface area contributed by atoms with Crippen molar-refractivity contribution < 1.29 is 46.3 Å². The van der Waals surface area contributed by atoms with E-state index in [-0.39, 0.29) is 58.6 Å². The van der Waals surface area contributed by atoms with Gasteiger partial charge in [0.2, 0.25) is 0 Å². The number of aromatic nitrogens is 1. The summed E-state index contributed by atoms with van der Waals surface area (Å²) in [5.41, 5.74) is 7.08. The number of fused-ring (bicyclic) bond motifs is 3. The number of benzene rings is 4. The van der Waals surface area contributed by atoms with Gasteiger partial charge in [0.25, 0.3) is 17.5 Å². The first kappa shape index (κ1) is 46.7. The SMILES string of the molecule is CC(C)(CN(CCOCCOCCNCc1ccc(-c2[nH]c3cc(F)cc4c3c2CCNC4=O)cc1)C(=O)c1ccc(OCC(F)(F)F)cc1)C1Cc2ccc([N+](=O)[O-])cc2C2CCCC21. The quantitative estimate of drug-likeness (QED) is 0.0322. The molecule has 2 amide bonds. The second-order valence-electron chi connectivity index (χ2n) is 18.3. The molecule has 8 rings (SSSR count). The highest BCUT2D eigenvalue weighted by molar-refractivity contribution is 6.10. The summed E-state index contributed by atoms with van der Waals surface area (Å²) < 4.78 is 69.3. The molecule has 3 N–H and O–H groups in total. The van der Waals surface area contributed by atoms with E-state index in [0.717, 1.165) is 64.6 Å². The summed E-state index contributed by atoms with van der Waals surface area (Å²) >= 11 is 0. The molecule has 4 aromatic carbocycles. The number of H-pyrrole nitrogens is 1. The fourth-order valence-electron chi connectivity index (χ4n) is 10.3. The minimum atomic E-state index is -4.49. The third kappa shape index (κ3) is 10.7.